The molecule has 2 aromatic rings. The van der Waals surface area contributed by atoms with E-state index in [9.17, 15) is 4.79 Å². The second-order valence-electron chi connectivity index (χ2n) is 6.87. The minimum absolute atomic E-state index is 0.153. The summed E-state index contributed by atoms with van der Waals surface area (Å²) >= 11 is 0. The number of hydrogen-bond acceptors (Lipinski definition) is 5. The molecule has 1 amide bonds. The number of hydrogen-bond donors (Lipinski definition) is 0. The SMILES string of the molecule is COc1cccc(CN2CCN(Cc3cc(C4CC4)on3)CC2=O)c1. The normalized spacial score (nSPS) is 18.6. The molecule has 6 nitrogen and oxygen atoms in total. The van der Waals surface area contributed by atoms with E-state index < -0.39 is 0 Å². The van der Waals surface area contributed by atoms with Crippen LogP contribution >= 0.6 is 0 Å². The van der Waals surface area contributed by atoms with Gasteiger partial charge in [-0.3, -0.25) is 9.69 Å². The van der Waals surface area contributed by atoms with Gasteiger partial charge in [0.2, 0.25) is 5.91 Å². The fraction of sp³-hybridized carbons (Fsp3) is 0.474. The summed E-state index contributed by atoms with van der Waals surface area (Å²) in [6.07, 6.45) is 2.41. The van der Waals surface area contributed by atoms with Gasteiger partial charge in [0.1, 0.15) is 11.5 Å². The van der Waals surface area contributed by atoms with Gasteiger partial charge in [0.05, 0.1) is 19.3 Å². The van der Waals surface area contributed by atoms with E-state index in [1.807, 2.05) is 35.2 Å². The van der Waals surface area contributed by atoms with Gasteiger partial charge >= 0.3 is 0 Å². The van der Waals surface area contributed by atoms with Crippen LogP contribution in [0.2, 0.25) is 0 Å². The van der Waals surface area contributed by atoms with Crippen LogP contribution in [0.4, 0.5) is 0 Å². The highest BCUT2D eigenvalue weighted by atomic mass is 16.5. The van der Waals surface area contributed by atoms with Crippen LogP contribution in [-0.2, 0) is 17.9 Å². The van der Waals surface area contributed by atoms with E-state index in [4.69, 9.17) is 9.26 Å². The molecular formula is C19H23N3O3. The van der Waals surface area contributed by atoms with E-state index in [0.29, 0.717) is 25.6 Å². The molecule has 2 heterocycles. The van der Waals surface area contributed by atoms with Crippen molar-refractivity contribution in [2.24, 2.45) is 0 Å². The van der Waals surface area contributed by atoms with Crippen molar-refractivity contribution in [2.75, 3.05) is 26.7 Å². The summed E-state index contributed by atoms with van der Waals surface area (Å²) in [5.41, 5.74) is 2.02. The quantitative estimate of drug-likeness (QED) is 0.807. The van der Waals surface area contributed by atoms with E-state index in [2.05, 4.69) is 10.1 Å². The molecule has 6 heteroatoms. The Kier molecular flexibility index (Phi) is 4.44. The molecule has 2 fully saturated rings. The van der Waals surface area contributed by atoms with Crippen LogP contribution in [0.3, 0.4) is 0 Å². The van der Waals surface area contributed by atoms with Crippen LogP contribution in [0, 0.1) is 0 Å². The summed E-state index contributed by atoms with van der Waals surface area (Å²) in [4.78, 5) is 16.5. The molecule has 1 aliphatic heterocycles. The molecule has 1 aromatic heterocycles. The Morgan fingerprint density at radius 3 is 2.88 bits per heavy atom. The molecule has 1 aliphatic carbocycles. The monoisotopic (exact) mass is 341 g/mol. The second-order valence-corrected chi connectivity index (χ2v) is 6.87. The van der Waals surface area contributed by atoms with Crippen molar-refractivity contribution in [1.29, 1.82) is 0 Å². The third-order valence-corrected chi connectivity index (χ3v) is 4.85. The first-order valence-electron chi connectivity index (χ1n) is 8.80. The first kappa shape index (κ1) is 16.1. The van der Waals surface area contributed by atoms with Gasteiger partial charge in [-0.1, -0.05) is 17.3 Å². The minimum Gasteiger partial charge on any atom is -0.497 e. The number of ether oxygens (including phenoxy) is 1. The highest BCUT2D eigenvalue weighted by molar-refractivity contribution is 5.79. The van der Waals surface area contributed by atoms with Crippen molar-refractivity contribution < 1.29 is 14.1 Å². The Labute approximate surface area is 147 Å². The molecule has 2 aliphatic rings. The number of nitrogens with zero attached hydrogens (tertiary/aromatic N) is 3. The number of methoxy groups -OCH3 is 1. The number of carbonyl (C=O) groups is 1. The molecule has 25 heavy (non-hydrogen) atoms. The Bertz CT molecular complexity index is 754. The van der Waals surface area contributed by atoms with Crippen LogP contribution < -0.4 is 4.74 Å². The standard InChI is InChI=1S/C19H23N3O3/c1-24-17-4-2-3-14(9-17)11-22-8-7-21(13-19(22)23)12-16-10-18(25-20-16)15-5-6-15/h2-4,9-10,15H,5-8,11-13H2,1H3. The molecule has 0 radical (unpaired) electrons. The summed E-state index contributed by atoms with van der Waals surface area (Å²) in [6, 6.07) is 9.92. The number of rotatable bonds is 6. The van der Waals surface area contributed by atoms with Crippen LogP contribution in [-0.4, -0.2) is 47.6 Å². The van der Waals surface area contributed by atoms with Gasteiger partial charge in [0.25, 0.3) is 0 Å². The molecule has 4 rings (SSSR count). The van der Waals surface area contributed by atoms with Gasteiger partial charge in [-0.25, -0.2) is 0 Å². The number of aromatic nitrogens is 1. The van der Waals surface area contributed by atoms with Gasteiger partial charge in [-0.2, -0.15) is 0 Å². The number of benzene rings is 1. The van der Waals surface area contributed by atoms with E-state index >= 15 is 0 Å². The first-order valence-corrected chi connectivity index (χ1v) is 8.80. The van der Waals surface area contributed by atoms with Gasteiger partial charge in [-0.15, -0.1) is 0 Å². The van der Waals surface area contributed by atoms with Crippen LogP contribution in [0.15, 0.2) is 34.9 Å². The summed E-state index contributed by atoms with van der Waals surface area (Å²) in [6.45, 7) is 3.30. The molecular weight excluding hydrogens is 318 g/mol. The van der Waals surface area contributed by atoms with Crippen molar-refractivity contribution in [2.45, 2.75) is 31.8 Å². The summed E-state index contributed by atoms with van der Waals surface area (Å²) < 4.78 is 10.6. The van der Waals surface area contributed by atoms with Crippen molar-refractivity contribution in [3.05, 3.63) is 47.3 Å². The van der Waals surface area contributed by atoms with Crippen LogP contribution in [0.25, 0.3) is 0 Å². The maximum atomic E-state index is 12.5. The topological polar surface area (TPSA) is 58.8 Å². The fourth-order valence-electron chi connectivity index (χ4n) is 3.24. The van der Waals surface area contributed by atoms with Gasteiger partial charge in [-0.05, 0) is 30.5 Å². The molecule has 0 unspecified atom stereocenters. The smallest absolute Gasteiger partial charge is 0.237 e. The van der Waals surface area contributed by atoms with Crippen molar-refractivity contribution in [3.8, 4) is 5.75 Å². The fourth-order valence-corrected chi connectivity index (χ4v) is 3.24. The summed E-state index contributed by atoms with van der Waals surface area (Å²) in [5, 5.41) is 4.15. The third-order valence-electron chi connectivity index (χ3n) is 4.85. The molecule has 0 bridgehead atoms. The molecule has 0 N–H and O–H groups in total. The maximum absolute atomic E-state index is 12.5. The number of amides is 1. The predicted octanol–water partition coefficient (Wildman–Crippen LogP) is 2.41. The Morgan fingerprint density at radius 1 is 1.24 bits per heavy atom. The minimum atomic E-state index is 0.153. The molecule has 1 aromatic carbocycles. The van der Waals surface area contributed by atoms with E-state index in [0.717, 1.165) is 35.9 Å². The Hall–Kier alpha value is -2.34. The van der Waals surface area contributed by atoms with Crippen molar-refractivity contribution >= 4 is 5.91 Å². The van der Waals surface area contributed by atoms with E-state index in [1.54, 1.807) is 7.11 Å². The highest BCUT2D eigenvalue weighted by Gasteiger charge is 2.29. The van der Waals surface area contributed by atoms with E-state index in [-0.39, 0.29) is 5.91 Å². The molecule has 1 saturated carbocycles. The maximum Gasteiger partial charge on any atom is 0.237 e. The Balaban J connectivity index is 1.32. The zero-order valence-corrected chi connectivity index (χ0v) is 14.5. The zero-order valence-electron chi connectivity index (χ0n) is 14.5. The van der Waals surface area contributed by atoms with Gasteiger partial charge in [0, 0.05) is 38.2 Å². The lowest BCUT2D eigenvalue weighted by Crippen LogP contribution is -2.49. The van der Waals surface area contributed by atoms with Crippen LogP contribution in [0.1, 0.15) is 35.8 Å². The molecule has 1 saturated heterocycles. The Morgan fingerprint density at radius 2 is 2.12 bits per heavy atom. The van der Waals surface area contributed by atoms with Crippen LogP contribution in [0.5, 0.6) is 5.75 Å². The molecule has 132 valence electrons. The van der Waals surface area contributed by atoms with E-state index in [1.165, 1.54) is 12.8 Å². The average molecular weight is 341 g/mol. The predicted molar refractivity (Wildman–Crippen MR) is 92.2 cm³/mol. The largest absolute Gasteiger partial charge is 0.497 e. The lowest BCUT2D eigenvalue weighted by atomic mass is 10.2. The molecule has 0 spiro atoms. The van der Waals surface area contributed by atoms with Crippen molar-refractivity contribution in [3.63, 3.8) is 0 Å². The summed E-state index contributed by atoms with van der Waals surface area (Å²) in [7, 11) is 1.65. The number of piperazine rings is 1. The van der Waals surface area contributed by atoms with Crippen molar-refractivity contribution in [1.82, 2.24) is 15.0 Å². The lowest BCUT2D eigenvalue weighted by Gasteiger charge is -2.34. The molecule has 0 atom stereocenters. The summed E-state index contributed by atoms with van der Waals surface area (Å²) in [5.74, 6) is 2.54. The van der Waals surface area contributed by atoms with Gasteiger partial charge < -0.3 is 14.2 Å². The van der Waals surface area contributed by atoms with Gasteiger partial charge in [0.15, 0.2) is 0 Å². The average Bonchev–Trinajstić information content (AvgIpc) is 3.37. The number of carbonyl (C=O) groups excluding carboxylic acids is 1. The lowest BCUT2D eigenvalue weighted by molar-refractivity contribution is -0.136. The zero-order chi connectivity index (χ0) is 17.2. The third kappa shape index (κ3) is 3.85. The second kappa shape index (κ2) is 6.88. The highest BCUT2D eigenvalue weighted by Crippen LogP contribution is 2.40. The first-order chi connectivity index (χ1) is 12.2.